The summed E-state index contributed by atoms with van der Waals surface area (Å²) in [5, 5.41) is 3.14. The number of ether oxygens (including phenoxy) is 1. The highest BCUT2D eigenvalue weighted by atomic mass is 79.9. The van der Waals surface area contributed by atoms with Gasteiger partial charge in [-0.15, -0.1) is 0 Å². The van der Waals surface area contributed by atoms with Gasteiger partial charge in [-0.05, 0) is 87.2 Å². The largest absolute Gasteiger partial charge is 0.494 e. The average Bonchev–Trinajstić information content (AvgIpc) is 3.49. The predicted molar refractivity (Wildman–Crippen MR) is 172 cm³/mol. The van der Waals surface area contributed by atoms with E-state index in [0.717, 1.165) is 45.6 Å². The van der Waals surface area contributed by atoms with E-state index in [2.05, 4.69) is 21.2 Å². The van der Waals surface area contributed by atoms with Gasteiger partial charge in [-0.25, -0.2) is 8.42 Å². The van der Waals surface area contributed by atoms with Crippen molar-refractivity contribution < 1.29 is 22.7 Å². The van der Waals surface area contributed by atoms with Crippen LogP contribution in [0.2, 0.25) is 0 Å². The Morgan fingerprint density at radius 3 is 2.28 bits per heavy atom. The molecule has 1 atom stereocenters. The van der Waals surface area contributed by atoms with E-state index in [1.165, 1.54) is 17.0 Å². The predicted octanol–water partition coefficient (Wildman–Crippen LogP) is 6.22. The zero-order valence-corrected chi connectivity index (χ0v) is 27.4. The maximum absolute atomic E-state index is 14.3. The Morgan fingerprint density at radius 1 is 1.00 bits per heavy atom. The highest BCUT2D eigenvalue weighted by Crippen LogP contribution is 2.28. The summed E-state index contributed by atoms with van der Waals surface area (Å²) in [5.74, 6) is -0.0856. The van der Waals surface area contributed by atoms with E-state index in [0.29, 0.717) is 24.5 Å². The minimum atomic E-state index is -4.15. The van der Waals surface area contributed by atoms with Crippen LogP contribution in [0.15, 0.2) is 82.2 Å². The third-order valence-electron chi connectivity index (χ3n) is 7.64. The fourth-order valence-corrected chi connectivity index (χ4v) is 7.11. The molecule has 0 spiro atoms. The zero-order valence-electron chi connectivity index (χ0n) is 25.0. The number of carbonyl (C=O) groups is 2. The van der Waals surface area contributed by atoms with Crippen LogP contribution in [-0.4, -0.2) is 50.4 Å². The number of aryl methyl sites for hydroxylation is 1. The Kier molecular flexibility index (Phi) is 11.3. The molecule has 230 valence electrons. The molecule has 3 aromatic rings. The molecule has 8 nitrogen and oxygen atoms in total. The van der Waals surface area contributed by atoms with Gasteiger partial charge in [-0.3, -0.25) is 13.9 Å². The van der Waals surface area contributed by atoms with Crippen LogP contribution >= 0.6 is 15.9 Å². The minimum Gasteiger partial charge on any atom is -0.494 e. The third kappa shape index (κ3) is 8.38. The lowest BCUT2D eigenvalue weighted by molar-refractivity contribution is -0.140. The summed E-state index contributed by atoms with van der Waals surface area (Å²) in [6.07, 6.45) is 4.37. The van der Waals surface area contributed by atoms with E-state index >= 15 is 0 Å². The Hall–Kier alpha value is -3.37. The summed E-state index contributed by atoms with van der Waals surface area (Å²) in [5.41, 5.74) is 2.21. The van der Waals surface area contributed by atoms with Crippen LogP contribution < -0.4 is 14.4 Å². The van der Waals surface area contributed by atoms with E-state index in [-0.39, 0.29) is 23.4 Å². The average molecular weight is 671 g/mol. The normalized spacial score (nSPS) is 14.2. The molecule has 10 heteroatoms. The first-order valence-electron chi connectivity index (χ1n) is 14.8. The van der Waals surface area contributed by atoms with Gasteiger partial charge in [0, 0.05) is 17.1 Å². The number of sulfonamides is 1. The van der Waals surface area contributed by atoms with Gasteiger partial charge in [-0.1, -0.05) is 65.5 Å². The van der Waals surface area contributed by atoms with Crippen LogP contribution in [0.1, 0.15) is 57.1 Å². The molecule has 2 amide bonds. The number of hydrogen-bond donors (Lipinski definition) is 1. The van der Waals surface area contributed by atoms with E-state index in [1.807, 2.05) is 45.0 Å². The lowest BCUT2D eigenvalue weighted by atomic mass is 10.1. The Balaban J connectivity index is 1.71. The van der Waals surface area contributed by atoms with Crippen molar-refractivity contribution in [1.29, 1.82) is 0 Å². The van der Waals surface area contributed by atoms with Crippen molar-refractivity contribution in [2.24, 2.45) is 0 Å². The van der Waals surface area contributed by atoms with Crippen LogP contribution in [0.5, 0.6) is 5.75 Å². The van der Waals surface area contributed by atoms with Crippen LogP contribution in [-0.2, 0) is 26.2 Å². The van der Waals surface area contributed by atoms with Gasteiger partial charge in [0.1, 0.15) is 18.3 Å². The number of hydrogen-bond acceptors (Lipinski definition) is 5. The fourth-order valence-electron chi connectivity index (χ4n) is 5.43. The van der Waals surface area contributed by atoms with Gasteiger partial charge < -0.3 is 15.0 Å². The maximum atomic E-state index is 14.3. The molecule has 1 aliphatic rings. The van der Waals surface area contributed by atoms with E-state index < -0.39 is 28.5 Å². The van der Waals surface area contributed by atoms with Crippen molar-refractivity contribution in [2.45, 2.75) is 76.4 Å². The van der Waals surface area contributed by atoms with Crippen molar-refractivity contribution in [2.75, 3.05) is 17.5 Å². The maximum Gasteiger partial charge on any atom is 0.264 e. The monoisotopic (exact) mass is 669 g/mol. The number of anilines is 1. The number of nitrogens with one attached hydrogen (secondary N) is 1. The van der Waals surface area contributed by atoms with E-state index in [9.17, 15) is 18.0 Å². The van der Waals surface area contributed by atoms with Crippen molar-refractivity contribution in [3.63, 3.8) is 0 Å². The number of rotatable bonds is 13. The fraction of sp³-hybridized carbons (Fsp3) is 0.394. The summed E-state index contributed by atoms with van der Waals surface area (Å²) in [6, 6.07) is 20.0. The molecule has 0 heterocycles. The van der Waals surface area contributed by atoms with Crippen LogP contribution in [0, 0.1) is 6.92 Å². The molecule has 43 heavy (non-hydrogen) atoms. The zero-order chi connectivity index (χ0) is 31.0. The van der Waals surface area contributed by atoms with E-state index in [1.54, 1.807) is 36.4 Å². The summed E-state index contributed by atoms with van der Waals surface area (Å²) >= 11 is 3.36. The second-order valence-corrected chi connectivity index (χ2v) is 13.6. The van der Waals surface area contributed by atoms with Crippen molar-refractivity contribution >= 4 is 43.5 Å². The molecule has 1 aliphatic carbocycles. The first-order valence-corrected chi connectivity index (χ1v) is 17.0. The number of nitrogens with zero attached hydrogens (tertiary/aromatic N) is 2. The molecule has 0 saturated heterocycles. The molecular formula is C33H40BrN3O5S. The smallest absolute Gasteiger partial charge is 0.264 e. The quantitative estimate of drug-likeness (QED) is 0.233. The molecular weight excluding hydrogens is 630 g/mol. The molecule has 4 rings (SSSR count). The van der Waals surface area contributed by atoms with Crippen LogP contribution in [0.25, 0.3) is 0 Å². The third-order valence-corrected chi connectivity index (χ3v) is 9.96. The van der Waals surface area contributed by atoms with Gasteiger partial charge in [-0.2, -0.15) is 0 Å². The highest BCUT2D eigenvalue weighted by molar-refractivity contribution is 9.10. The highest BCUT2D eigenvalue weighted by Gasteiger charge is 2.34. The topological polar surface area (TPSA) is 96.0 Å². The SMILES string of the molecule is CCOc1ccc(N(CC(=O)N(Cc2cccc(C)c2)[C@@H](CC)C(=O)NC2CCCC2)S(=O)(=O)c2ccc(Br)cc2)cc1. The number of halogens is 1. The van der Waals surface area contributed by atoms with Crippen LogP contribution in [0.4, 0.5) is 5.69 Å². The molecule has 0 unspecified atom stereocenters. The molecule has 3 aromatic carbocycles. The number of benzene rings is 3. The summed E-state index contributed by atoms with van der Waals surface area (Å²) in [7, 11) is -4.15. The van der Waals surface area contributed by atoms with Crippen LogP contribution in [0.3, 0.4) is 0 Å². The second-order valence-electron chi connectivity index (χ2n) is 10.8. The van der Waals surface area contributed by atoms with Gasteiger partial charge >= 0.3 is 0 Å². The van der Waals surface area contributed by atoms with Crippen molar-refractivity contribution in [3.05, 3.63) is 88.4 Å². The standard InChI is InChI=1S/C33H40BrN3O5S/c1-4-31(33(39)35-27-11-6-7-12-27)36(22-25-10-8-9-24(3)21-25)32(38)23-37(28-15-17-29(18-16-28)42-5-2)43(40,41)30-19-13-26(34)14-20-30/h8-10,13-21,27,31H,4-7,11-12,22-23H2,1-3H3,(H,35,39)/t31-/m0/s1. The Bertz CT molecular complexity index is 1490. The van der Waals surface area contributed by atoms with Gasteiger partial charge in [0.15, 0.2) is 0 Å². The summed E-state index contributed by atoms with van der Waals surface area (Å²) in [6.45, 7) is 5.87. The first kappa shape index (κ1) is 32.5. The minimum absolute atomic E-state index is 0.0497. The molecule has 1 saturated carbocycles. The van der Waals surface area contributed by atoms with Gasteiger partial charge in [0.25, 0.3) is 10.0 Å². The Labute approximate surface area is 263 Å². The molecule has 0 radical (unpaired) electrons. The van der Waals surface area contributed by atoms with Crippen molar-refractivity contribution in [3.8, 4) is 5.75 Å². The summed E-state index contributed by atoms with van der Waals surface area (Å²) < 4.78 is 35.5. The molecule has 1 fully saturated rings. The molecule has 0 aliphatic heterocycles. The number of amides is 2. The van der Waals surface area contributed by atoms with E-state index in [4.69, 9.17) is 4.74 Å². The second kappa shape index (κ2) is 14.9. The Morgan fingerprint density at radius 2 is 1.67 bits per heavy atom. The first-order chi connectivity index (χ1) is 20.6. The lowest BCUT2D eigenvalue weighted by Crippen LogP contribution is -2.53. The summed E-state index contributed by atoms with van der Waals surface area (Å²) in [4.78, 5) is 29.4. The van der Waals surface area contributed by atoms with Gasteiger partial charge in [0.05, 0.1) is 17.2 Å². The molecule has 0 aromatic heterocycles. The number of carbonyl (C=O) groups excluding carboxylic acids is 2. The molecule has 1 N–H and O–H groups in total. The lowest BCUT2D eigenvalue weighted by Gasteiger charge is -2.34. The van der Waals surface area contributed by atoms with Gasteiger partial charge in [0.2, 0.25) is 11.8 Å². The molecule has 0 bridgehead atoms. The van der Waals surface area contributed by atoms with Crippen molar-refractivity contribution in [1.82, 2.24) is 10.2 Å².